The fraction of sp³-hybridized carbons (Fsp3) is 0.750. The van der Waals surface area contributed by atoms with E-state index in [0.717, 1.165) is 64.2 Å². The van der Waals surface area contributed by atoms with Crippen LogP contribution in [0.2, 0.25) is 0 Å². The van der Waals surface area contributed by atoms with Crippen LogP contribution >= 0.6 is 7.82 Å². The summed E-state index contributed by atoms with van der Waals surface area (Å²) in [7, 11) is -4.39. The van der Waals surface area contributed by atoms with Crippen LogP contribution in [0.4, 0.5) is 0 Å². The number of unbranched alkanes of at least 4 members (excludes halogenated alkanes) is 12. The van der Waals surface area contributed by atoms with Gasteiger partial charge in [0.15, 0.2) is 6.10 Å². The number of aliphatic hydroxyl groups excluding tert-OH is 1. The van der Waals surface area contributed by atoms with Gasteiger partial charge in [-0.05, 0) is 57.8 Å². The van der Waals surface area contributed by atoms with Crippen molar-refractivity contribution >= 4 is 19.8 Å². The maximum Gasteiger partial charge on any atom is 0.472 e. The second-order valence-corrected chi connectivity index (χ2v) is 14.4. The van der Waals surface area contributed by atoms with Gasteiger partial charge in [-0.25, -0.2) is 4.57 Å². The fourth-order valence-corrected chi connectivity index (χ4v) is 5.78. The van der Waals surface area contributed by atoms with Crippen molar-refractivity contribution in [1.82, 2.24) is 0 Å². The van der Waals surface area contributed by atoms with Crippen LogP contribution in [0, 0.1) is 0 Å². The van der Waals surface area contributed by atoms with Crippen molar-refractivity contribution in [3.05, 3.63) is 48.6 Å². The number of phosphoric acid groups is 1. The van der Waals surface area contributed by atoms with Gasteiger partial charge in [0.25, 0.3) is 0 Å². The molecule has 3 atom stereocenters. The maximum absolute atomic E-state index is 12.5. The number of phosphoric ester groups is 1. The summed E-state index contributed by atoms with van der Waals surface area (Å²) < 4.78 is 32.6. The number of carbonyl (C=O) groups is 2. The first-order valence-corrected chi connectivity index (χ1v) is 21.2. The van der Waals surface area contributed by atoms with Crippen molar-refractivity contribution in [2.75, 3.05) is 26.4 Å². The first-order chi connectivity index (χ1) is 24.7. The van der Waals surface area contributed by atoms with Gasteiger partial charge in [-0.3, -0.25) is 18.6 Å². The molecule has 0 aromatic heterocycles. The Labute approximate surface area is 309 Å². The van der Waals surface area contributed by atoms with E-state index in [1.54, 1.807) is 0 Å². The summed E-state index contributed by atoms with van der Waals surface area (Å²) in [6.45, 7) is 3.36. The summed E-state index contributed by atoms with van der Waals surface area (Å²) in [5, 5.41) is 9.54. The summed E-state index contributed by atoms with van der Waals surface area (Å²) >= 11 is 0. The summed E-state index contributed by atoms with van der Waals surface area (Å²) in [4.78, 5) is 34.7. The average Bonchev–Trinajstić information content (AvgIpc) is 3.12. The Morgan fingerprint density at radius 1 is 0.667 bits per heavy atom. The number of allylic oxidation sites excluding steroid dienone is 8. The Balaban J connectivity index is 4.31. The highest BCUT2D eigenvalue weighted by Gasteiger charge is 2.25. The quantitative estimate of drug-likeness (QED) is 0.0245. The standard InChI is InChI=1S/C40H72NO9P/c1-3-5-6-7-8-9-10-16-20-23-26-29-32-40(44)50-38(36-49-51(45,46)48-34-33-41)35-47-39(43)31-28-25-22-19-17-14-12-11-13-15-18-21-24-27-30-37(42)4-2/h12-15,19,21-22,24,37-38,42H,3-11,16-18,20,23,25-36,41H2,1-2H3,(H,45,46)/b14-12-,15-13-,22-19-,24-21-/t37-,38+/m0/s1. The zero-order valence-corrected chi connectivity index (χ0v) is 32.8. The summed E-state index contributed by atoms with van der Waals surface area (Å²) in [6.07, 6.45) is 36.6. The molecule has 0 aromatic rings. The lowest BCUT2D eigenvalue weighted by Gasteiger charge is -2.19. The van der Waals surface area contributed by atoms with Gasteiger partial charge >= 0.3 is 19.8 Å². The molecule has 10 nitrogen and oxygen atoms in total. The molecule has 0 bridgehead atoms. The van der Waals surface area contributed by atoms with Gasteiger partial charge in [0.2, 0.25) is 0 Å². The zero-order chi connectivity index (χ0) is 37.7. The van der Waals surface area contributed by atoms with Crippen molar-refractivity contribution in [2.45, 2.75) is 167 Å². The Hall–Kier alpha value is -2.07. The highest BCUT2D eigenvalue weighted by Crippen LogP contribution is 2.43. The van der Waals surface area contributed by atoms with Gasteiger partial charge in [-0.1, -0.05) is 133 Å². The lowest BCUT2D eigenvalue weighted by atomic mass is 10.0. The van der Waals surface area contributed by atoms with Crippen molar-refractivity contribution in [1.29, 1.82) is 0 Å². The molecule has 0 spiro atoms. The van der Waals surface area contributed by atoms with Crippen molar-refractivity contribution in [2.24, 2.45) is 5.73 Å². The molecule has 0 rings (SSSR count). The molecule has 4 N–H and O–H groups in total. The fourth-order valence-electron chi connectivity index (χ4n) is 5.02. The third kappa shape index (κ3) is 36.1. The normalized spacial score (nSPS) is 14.5. The molecule has 0 saturated heterocycles. The minimum atomic E-state index is -4.39. The largest absolute Gasteiger partial charge is 0.472 e. The van der Waals surface area contributed by atoms with E-state index in [1.165, 1.54) is 51.4 Å². The number of carbonyl (C=O) groups excluding carboxylic acids is 2. The minimum Gasteiger partial charge on any atom is -0.462 e. The SMILES string of the molecule is CCCCCCCCCCCCCCC(=O)O[C@H](COC(=O)CCC/C=C\C/C=C\C/C=C\C/C=C\CC[C@@H](O)CC)COP(=O)(O)OCCN. The highest BCUT2D eigenvalue weighted by atomic mass is 31.2. The van der Waals surface area contributed by atoms with Crippen LogP contribution in [0.5, 0.6) is 0 Å². The number of rotatable bonds is 36. The van der Waals surface area contributed by atoms with E-state index in [2.05, 4.69) is 49.5 Å². The first kappa shape index (κ1) is 48.9. The van der Waals surface area contributed by atoms with Crippen LogP contribution in [0.25, 0.3) is 0 Å². The Morgan fingerprint density at radius 3 is 1.73 bits per heavy atom. The number of esters is 2. The average molecular weight is 742 g/mol. The molecule has 0 radical (unpaired) electrons. The summed E-state index contributed by atoms with van der Waals surface area (Å²) in [6, 6.07) is 0. The topological polar surface area (TPSA) is 155 Å². The smallest absolute Gasteiger partial charge is 0.462 e. The van der Waals surface area contributed by atoms with Gasteiger partial charge in [0.1, 0.15) is 6.61 Å². The summed E-state index contributed by atoms with van der Waals surface area (Å²) in [5.74, 6) is -0.915. The lowest BCUT2D eigenvalue weighted by Crippen LogP contribution is -2.29. The molecule has 11 heteroatoms. The van der Waals surface area contributed by atoms with Crippen LogP contribution in [0.1, 0.15) is 155 Å². The number of ether oxygens (including phenoxy) is 2. The predicted molar refractivity (Wildman–Crippen MR) is 207 cm³/mol. The van der Waals surface area contributed by atoms with E-state index in [-0.39, 0.29) is 38.7 Å². The molecule has 0 fully saturated rings. The molecule has 0 aliphatic rings. The van der Waals surface area contributed by atoms with Gasteiger partial charge in [-0.15, -0.1) is 0 Å². The van der Waals surface area contributed by atoms with Gasteiger partial charge in [-0.2, -0.15) is 0 Å². The second kappa shape index (κ2) is 36.3. The number of aliphatic hydroxyl groups is 1. The molecular formula is C40H72NO9P. The summed E-state index contributed by atoms with van der Waals surface area (Å²) in [5.41, 5.74) is 5.33. The molecule has 0 aromatic carbocycles. The van der Waals surface area contributed by atoms with Crippen molar-refractivity contribution in [3.8, 4) is 0 Å². The predicted octanol–water partition coefficient (Wildman–Crippen LogP) is 9.74. The zero-order valence-electron chi connectivity index (χ0n) is 31.9. The molecule has 0 saturated carbocycles. The van der Waals surface area contributed by atoms with Crippen LogP contribution in [0.3, 0.4) is 0 Å². The van der Waals surface area contributed by atoms with E-state index in [1.807, 2.05) is 13.0 Å². The van der Waals surface area contributed by atoms with Crippen molar-refractivity contribution in [3.63, 3.8) is 0 Å². The van der Waals surface area contributed by atoms with E-state index in [0.29, 0.717) is 12.8 Å². The number of hydrogen-bond acceptors (Lipinski definition) is 9. The molecular weight excluding hydrogens is 669 g/mol. The monoisotopic (exact) mass is 741 g/mol. The molecule has 0 aliphatic carbocycles. The maximum atomic E-state index is 12.5. The second-order valence-electron chi connectivity index (χ2n) is 12.9. The number of nitrogens with two attached hydrogens (primary N) is 1. The van der Waals surface area contributed by atoms with Crippen LogP contribution < -0.4 is 5.73 Å². The molecule has 296 valence electrons. The van der Waals surface area contributed by atoms with Gasteiger partial charge in [0.05, 0.1) is 19.3 Å². The van der Waals surface area contributed by atoms with E-state index < -0.39 is 32.5 Å². The molecule has 51 heavy (non-hydrogen) atoms. The van der Waals surface area contributed by atoms with Gasteiger partial charge in [0, 0.05) is 19.4 Å². The molecule has 0 aliphatic heterocycles. The minimum absolute atomic E-state index is 0.0402. The number of hydrogen-bond donors (Lipinski definition) is 3. The third-order valence-corrected chi connectivity index (χ3v) is 9.12. The van der Waals surface area contributed by atoms with Crippen LogP contribution in [-0.4, -0.2) is 60.5 Å². The van der Waals surface area contributed by atoms with Crippen molar-refractivity contribution < 1.29 is 42.7 Å². The first-order valence-electron chi connectivity index (χ1n) is 19.7. The Kier molecular flexibility index (Phi) is 34.8. The van der Waals surface area contributed by atoms with Crippen LogP contribution in [0.15, 0.2) is 48.6 Å². The third-order valence-electron chi connectivity index (χ3n) is 8.13. The highest BCUT2D eigenvalue weighted by molar-refractivity contribution is 7.47. The Morgan fingerprint density at radius 2 is 1.18 bits per heavy atom. The lowest BCUT2D eigenvalue weighted by molar-refractivity contribution is -0.161. The Bertz CT molecular complexity index is 998. The van der Waals surface area contributed by atoms with E-state index >= 15 is 0 Å². The molecule has 0 amide bonds. The molecule has 0 heterocycles. The van der Waals surface area contributed by atoms with E-state index in [9.17, 15) is 24.2 Å². The van der Waals surface area contributed by atoms with E-state index in [4.69, 9.17) is 24.3 Å². The van der Waals surface area contributed by atoms with Crippen LogP contribution in [-0.2, 0) is 32.7 Å². The molecule has 1 unspecified atom stereocenters. The van der Waals surface area contributed by atoms with Gasteiger partial charge < -0.3 is 25.2 Å².